The maximum atomic E-state index is 11.7. The summed E-state index contributed by atoms with van der Waals surface area (Å²) in [7, 11) is 1.21. The number of alkyl carbamates (subject to hydrolysis) is 2. The summed E-state index contributed by atoms with van der Waals surface area (Å²) in [6.45, 7) is 10.4. The summed E-state index contributed by atoms with van der Waals surface area (Å²) in [5, 5.41) is 4.87. The molecule has 25 heavy (non-hydrogen) atoms. The van der Waals surface area contributed by atoms with Gasteiger partial charge in [-0.3, -0.25) is 0 Å². The summed E-state index contributed by atoms with van der Waals surface area (Å²) in [4.78, 5) is 34.9. The number of esters is 1. The van der Waals surface area contributed by atoms with Gasteiger partial charge in [0.25, 0.3) is 0 Å². The van der Waals surface area contributed by atoms with Gasteiger partial charge in [-0.15, -0.1) is 0 Å². The first kappa shape index (κ1) is 22.6. The van der Waals surface area contributed by atoms with Crippen molar-refractivity contribution in [3.05, 3.63) is 0 Å². The van der Waals surface area contributed by atoms with Gasteiger partial charge in [-0.25, -0.2) is 14.4 Å². The Kier molecular flexibility index (Phi) is 8.82. The van der Waals surface area contributed by atoms with Gasteiger partial charge in [-0.2, -0.15) is 0 Å². The van der Waals surface area contributed by atoms with Gasteiger partial charge < -0.3 is 24.8 Å². The number of carbonyl (C=O) groups is 3. The molecule has 0 aromatic carbocycles. The van der Waals surface area contributed by atoms with Crippen LogP contribution in [0.25, 0.3) is 0 Å². The monoisotopic (exact) mass is 356 g/mol. The van der Waals surface area contributed by atoms with Crippen molar-refractivity contribution >= 4 is 18.2 Å². The molecule has 2 N–H and O–H groups in total. The number of ether oxygens (including phenoxy) is 3. The molecule has 0 saturated heterocycles. The summed E-state index contributed by atoms with van der Waals surface area (Å²) in [6.07, 6.45) is -1.31. The fraction of sp³-hybridized carbons (Fsp3) is 0.706. The van der Waals surface area contributed by atoms with Crippen LogP contribution in [0.15, 0.2) is 0 Å². The summed E-state index contributed by atoms with van der Waals surface area (Å²) >= 11 is 0. The average molecular weight is 356 g/mol. The van der Waals surface area contributed by atoms with E-state index >= 15 is 0 Å². The molecular formula is C17H28N2O6. The van der Waals surface area contributed by atoms with Crippen LogP contribution in [0.1, 0.15) is 48.0 Å². The van der Waals surface area contributed by atoms with Crippen LogP contribution < -0.4 is 10.6 Å². The van der Waals surface area contributed by atoms with Crippen LogP contribution in [0.2, 0.25) is 0 Å². The Hall–Kier alpha value is -2.43. The van der Waals surface area contributed by atoms with E-state index in [4.69, 9.17) is 9.47 Å². The number of amides is 2. The fourth-order valence-electron chi connectivity index (χ4n) is 1.45. The molecule has 0 aliphatic carbocycles. The lowest BCUT2D eigenvalue weighted by molar-refractivity contribution is -0.143. The smallest absolute Gasteiger partial charge is 0.408 e. The second-order valence-electron chi connectivity index (χ2n) is 7.14. The highest BCUT2D eigenvalue weighted by Crippen LogP contribution is 2.07. The molecule has 0 aliphatic heterocycles. The Labute approximate surface area is 149 Å². The van der Waals surface area contributed by atoms with E-state index in [-0.39, 0.29) is 13.0 Å². The van der Waals surface area contributed by atoms with Crippen molar-refractivity contribution in [1.29, 1.82) is 0 Å². The quantitative estimate of drug-likeness (QED) is 0.453. The minimum Gasteiger partial charge on any atom is -0.467 e. The minimum absolute atomic E-state index is 0.0158. The first-order chi connectivity index (χ1) is 11.3. The molecule has 2 amide bonds. The topological polar surface area (TPSA) is 103 Å². The summed E-state index contributed by atoms with van der Waals surface area (Å²) in [6, 6.07) is -0.964. The third kappa shape index (κ3) is 12.6. The Balaban J connectivity index is 4.50. The average Bonchev–Trinajstić information content (AvgIpc) is 2.40. The van der Waals surface area contributed by atoms with Crippen LogP contribution in [0.5, 0.6) is 0 Å². The molecule has 0 rings (SSSR count). The number of hydrogen-bond acceptors (Lipinski definition) is 6. The zero-order valence-corrected chi connectivity index (χ0v) is 15.9. The summed E-state index contributed by atoms with van der Waals surface area (Å²) in [5.74, 6) is 4.73. The molecule has 1 atom stereocenters. The number of carbonyl (C=O) groups excluding carboxylic acids is 3. The van der Waals surface area contributed by atoms with Crippen LogP contribution in [-0.4, -0.2) is 49.1 Å². The van der Waals surface area contributed by atoms with Gasteiger partial charge in [0.05, 0.1) is 13.7 Å². The molecule has 8 nitrogen and oxygen atoms in total. The van der Waals surface area contributed by atoms with Crippen molar-refractivity contribution in [3.63, 3.8) is 0 Å². The maximum absolute atomic E-state index is 11.7. The van der Waals surface area contributed by atoms with E-state index in [0.29, 0.717) is 0 Å². The van der Waals surface area contributed by atoms with Crippen LogP contribution in [0.4, 0.5) is 9.59 Å². The molecule has 0 aliphatic rings. The van der Waals surface area contributed by atoms with Gasteiger partial charge in [0.1, 0.15) is 17.2 Å². The first-order valence-electron chi connectivity index (χ1n) is 7.84. The number of hydrogen-bond donors (Lipinski definition) is 2. The lowest BCUT2D eigenvalue weighted by Crippen LogP contribution is -2.43. The predicted molar refractivity (Wildman–Crippen MR) is 91.8 cm³/mol. The van der Waals surface area contributed by atoms with Gasteiger partial charge in [0.2, 0.25) is 0 Å². The zero-order chi connectivity index (χ0) is 19.7. The van der Waals surface area contributed by atoms with Gasteiger partial charge in [0, 0.05) is 6.42 Å². The van der Waals surface area contributed by atoms with E-state index < -0.39 is 35.4 Å². The van der Waals surface area contributed by atoms with Gasteiger partial charge in [-0.05, 0) is 41.5 Å². The predicted octanol–water partition coefficient (Wildman–Crippen LogP) is 1.97. The van der Waals surface area contributed by atoms with Crippen LogP contribution in [0.3, 0.4) is 0 Å². The second kappa shape index (κ2) is 9.77. The van der Waals surface area contributed by atoms with Gasteiger partial charge in [0.15, 0.2) is 0 Å². The zero-order valence-electron chi connectivity index (χ0n) is 15.9. The maximum Gasteiger partial charge on any atom is 0.408 e. The molecule has 0 radical (unpaired) electrons. The Morgan fingerprint density at radius 3 is 1.92 bits per heavy atom. The van der Waals surface area contributed by atoms with Crippen molar-refractivity contribution in [2.75, 3.05) is 13.7 Å². The Morgan fingerprint density at radius 1 is 0.920 bits per heavy atom. The van der Waals surface area contributed by atoms with Crippen molar-refractivity contribution in [3.8, 4) is 11.8 Å². The van der Waals surface area contributed by atoms with E-state index in [1.165, 1.54) is 7.11 Å². The molecule has 0 saturated carbocycles. The van der Waals surface area contributed by atoms with Crippen LogP contribution in [0, 0.1) is 11.8 Å². The van der Waals surface area contributed by atoms with E-state index in [9.17, 15) is 14.4 Å². The normalized spacial score (nSPS) is 12.1. The number of nitrogens with one attached hydrogen (secondary N) is 2. The molecule has 8 heteroatoms. The molecule has 0 fully saturated rings. The van der Waals surface area contributed by atoms with Crippen molar-refractivity contribution in [2.45, 2.75) is 65.2 Å². The van der Waals surface area contributed by atoms with E-state index in [0.717, 1.165) is 0 Å². The van der Waals surface area contributed by atoms with Crippen molar-refractivity contribution < 1.29 is 28.6 Å². The molecule has 0 unspecified atom stereocenters. The highest BCUT2D eigenvalue weighted by molar-refractivity contribution is 5.81. The second-order valence-corrected chi connectivity index (χ2v) is 7.14. The number of rotatable bonds is 4. The number of methoxy groups -OCH3 is 1. The Bertz CT molecular complexity index is 534. The molecule has 0 heterocycles. The van der Waals surface area contributed by atoms with Crippen LogP contribution >= 0.6 is 0 Å². The third-order valence-corrected chi connectivity index (χ3v) is 2.33. The minimum atomic E-state index is -0.964. The summed E-state index contributed by atoms with van der Waals surface area (Å²) in [5.41, 5.74) is -1.28. The van der Waals surface area contributed by atoms with Crippen LogP contribution in [-0.2, 0) is 19.0 Å². The van der Waals surface area contributed by atoms with E-state index in [1.54, 1.807) is 41.5 Å². The standard InChI is InChI=1S/C17H28N2O6/c1-16(2,3)24-14(21)18-11-9-8-10-12(13(20)23-7)19-15(22)25-17(4,5)6/h12H,10-11H2,1-7H3,(H,18,21)(H,19,22)/t12-/m0/s1. The van der Waals surface area contributed by atoms with Crippen molar-refractivity contribution in [1.82, 2.24) is 10.6 Å². The summed E-state index contributed by atoms with van der Waals surface area (Å²) < 4.78 is 14.8. The first-order valence-corrected chi connectivity index (χ1v) is 7.84. The molecule has 0 bridgehead atoms. The third-order valence-electron chi connectivity index (χ3n) is 2.33. The largest absolute Gasteiger partial charge is 0.467 e. The SMILES string of the molecule is COC(=O)[C@H](CC#CCNC(=O)OC(C)(C)C)NC(=O)OC(C)(C)C. The van der Waals surface area contributed by atoms with Gasteiger partial charge >= 0.3 is 18.2 Å². The van der Waals surface area contributed by atoms with Crippen molar-refractivity contribution in [2.24, 2.45) is 0 Å². The molecule has 142 valence electrons. The highest BCUT2D eigenvalue weighted by Gasteiger charge is 2.24. The molecule has 0 spiro atoms. The van der Waals surface area contributed by atoms with E-state index in [2.05, 4.69) is 27.2 Å². The highest BCUT2D eigenvalue weighted by atomic mass is 16.6. The molecule has 0 aromatic heterocycles. The van der Waals surface area contributed by atoms with Gasteiger partial charge in [-0.1, -0.05) is 11.8 Å². The Morgan fingerprint density at radius 2 is 1.44 bits per heavy atom. The lowest BCUT2D eigenvalue weighted by atomic mass is 10.2. The fourth-order valence-corrected chi connectivity index (χ4v) is 1.45. The molecular weight excluding hydrogens is 328 g/mol. The van der Waals surface area contributed by atoms with E-state index in [1.807, 2.05) is 0 Å². The molecule has 0 aromatic rings. The lowest BCUT2D eigenvalue weighted by Gasteiger charge is -2.21.